The molecule has 0 spiro atoms. The van der Waals surface area contributed by atoms with Crippen LogP contribution in [0.3, 0.4) is 0 Å². The molecule has 1 N–H and O–H groups in total. The third-order valence-electron chi connectivity index (χ3n) is 3.18. The fourth-order valence-electron chi connectivity index (χ4n) is 2.12. The van der Waals surface area contributed by atoms with Crippen LogP contribution in [0, 0.1) is 5.41 Å². The lowest BCUT2D eigenvalue weighted by atomic mass is 9.78. The van der Waals surface area contributed by atoms with Gasteiger partial charge in [0.15, 0.2) is 0 Å². The van der Waals surface area contributed by atoms with Gasteiger partial charge in [-0.3, -0.25) is 0 Å². The molecule has 1 atom stereocenters. The van der Waals surface area contributed by atoms with Gasteiger partial charge in [-0.05, 0) is 31.2 Å². The molecule has 13 heavy (non-hydrogen) atoms. The summed E-state index contributed by atoms with van der Waals surface area (Å²) in [4.78, 5) is 5.19. The number of piperidine rings is 1. The molecule has 1 saturated heterocycles. The molecule has 0 amide bonds. The predicted molar refractivity (Wildman–Crippen MR) is 54.5 cm³/mol. The molecule has 0 aromatic carbocycles. The monoisotopic (exact) mass is 186 g/mol. The van der Waals surface area contributed by atoms with Gasteiger partial charge in [0.2, 0.25) is 0 Å². The van der Waals surface area contributed by atoms with Crippen molar-refractivity contribution in [2.45, 2.75) is 26.2 Å². The molecule has 0 radical (unpaired) electrons. The molecule has 3 nitrogen and oxygen atoms in total. The van der Waals surface area contributed by atoms with Crippen molar-refractivity contribution in [2.75, 3.05) is 33.8 Å². The lowest BCUT2D eigenvalue weighted by Crippen LogP contribution is -2.46. The molecule has 3 heteroatoms. The summed E-state index contributed by atoms with van der Waals surface area (Å²) in [7, 11) is 3.74. The first-order valence-corrected chi connectivity index (χ1v) is 5.18. The minimum absolute atomic E-state index is 0.434. The molecule has 0 bridgehead atoms. The second-order valence-electron chi connectivity index (χ2n) is 4.10. The lowest BCUT2D eigenvalue weighted by molar-refractivity contribution is -0.134. The van der Waals surface area contributed by atoms with E-state index in [1.54, 1.807) is 7.11 Å². The largest absolute Gasteiger partial charge is 0.316 e. The molecule has 1 rings (SSSR count). The first-order valence-electron chi connectivity index (χ1n) is 5.18. The van der Waals surface area contributed by atoms with Crippen molar-refractivity contribution in [1.29, 1.82) is 0 Å². The number of rotatable bonds is 4. The van der Waals surface area contributed by atoms with Gasteiger partial charge in [0, 0.05) is 20.1 Å². The van der Waals surface area contributed by atoms with E-state index in [1.165, 1.54) is 25.8 Å². The molecule has 1 aliphatic heterocycles. The fourth-order valence-corrected chi connectivity index (χ4v) is 2.12. The Morgan fingerprint density at radius 3 is 2.77 bits per heavy atom. The molecule has 1 aliphatic rings. The highest BCUT2D eigenvalue weighted by Crippen LogP contribution is 2.30. The maximum absolute atomic E-state index is 5.19. The quantitative estimate of drug-likeness (QED) is 0.669. The topological polar surface area (TPSA) is 24.5 Å². The second kappa shape index (κ2) is 4.94. The molecule has 1 unspecified atom stereocenters. The van der Waals surface area contributed by atoms with Crippen LogP contribution >= 0.6 is 0 Å². The van der Waals surface area contributed by atoms with Gasteiger partial charge in [-0.25, -0.2) is 0 Å². The Morgan fingerprint density at radius 2 is 2.31 bits per heavy atom. The highest BCUT2D eigenvalue weighted by Gasteiger charge is 2.31. The molecule has 0 aliphatic carbocycles. The van der Waals surface area contributed by atoms with E-state index in [0.29, 0.717) is 5.41 Å². The smallest absolute Gasteiger partial charge is 0.0575 e. The number of hydrogen-bond acceptors (Lipinski definition) is 3. The van der Waals surface area contributed by atoms with Crippen LogP contribution in [0.5, 0.6) is 0 Å². The summed E-state index contributed by atoms with van der Waals surface area (Å²) in [5, 5.41) is 5.41. The molecular formula is C10H22N2O. The van der Waals surface area contributed by atoms with Gasteiger partial charge >= 0.3 is 0 Å². The highest BCUT2D eigenvalue weighted by atomic mass is 16.7. The van der Waals surface area contributed by atoms with Crippen LogP contribution in [0.2, 0.25) is 0 Å². The van der Waals surface area contributed by atoms with Crippen molar-refractivity contribution in [3.8, 4) is 0 Å². The first-order chi connectivity index (χ1) is 6.22. The third kappa shape index (κ3) is 2.93. The average Bonchev–Trinajstić information content (AvgIpc) is 2.19. The van der Waals surface area contributed by atoms with Crippen molar-refractivity contribution in [2.24, 2.45) is 5.41 Å². The van der Waals surface area contributed by atoms with E-state index in [0.717, 1.165) is 13.1 Å². The molecule has 1 heterocycles. The summed E-state index contributed by atoms with van der Waals surface area (Å²) in [6, 6.07) is 0. The van der Waals surface area contributed by atoms with Crippen LogP contribution in [-0.2, 0) is 4.84 Å². The van der Waals surface area contributed by atoms with Crippen LogP contribution in [0.25, 0.3) is 0 Å². The maximum atomic E-state index is 5.19. The van der Waals surface area contributed by atoms with Crippen LogP contribution in [0.4, 0.5) is 0 Å². The summed E-state index contributed by atoms with van der Waals surface area (Å²) < 4.78 is 0. The Morgan fingerprint density at radius 1 is 1.54 bits per heavy atom. The maximum Gasteiger partial charge on any atom is 0.0575 e. The van der Waals surface area contributed by atoms with E-state index >= 15 is 0 Å². The van der Waals surface area contributed by atoms with Gasteiger partial charge in [-0.15, -0.1) is 0 Å². The fraction of sp³-hybridized carbons (Fsp3) is 1.00. The second-order valence-corrected chi connectivity index (χ2v) is 4.10. The van der Waals surface area contributed by atoms with Gasteiger partial charge < -0.3 is 10.2 Å². The summed E-state index contributed by atoms with van der Waals surface area (Å²) in [6.07, 6.45) is 3.85. The Balaban J connectivity index is 2.47. The van der Waals surface area contributed by atoms with E-state index in [4.69, 9.17) is 4.84 Å². The van der Waals surface area contributed by atoms with Gasteiger partial charge in [0.25, 0.3) is 0 Å². The normalized spacial score (nSPS) is 29.5. The molecule has 0 aromatic heterocycles. The Bertz CT molecular complexity index is 144. The minimum atomic E-state index is 0.434. The van der Waals surface area contributed by atoms with Crippen LogP contribution in [0.1, 0.15) is 26.2 Å². The van der Waals surface area contributed by atoms with Crippen LogP contribution in [0.15, 0.2) is 0 Å². The van der Waals surface area contributed by atoms with E-state index < -0.39 is 0 Å². The predicted octanol–water partition coefficient (Wildman–Crippen LogP) is 1.26. The summed E-state index contributed by atoms with van der Waals surface area (Å²) in [5.41, 5.74) is 0.434. The Labute approximate surface area is 81.4 Å². The molecule has 1 fully saturated rings. The van der Waals surface area contributed by atoms with E-state index in [9.17, 15) is 0 Å². The van der Waals surface area contributed by atoms with Crippen LogP contribution < -0.4 is 5.32 Å². The van der Waals surface area contributed by atoms with Gasteiger partial charge in [-0.1, -0.05) is 6.92 Å². The summed E-state index contributed by atoms with van der Waals surface area (Å²) >= 11 is 0. The van der Waals surface area contributed by atoms with Gasteiger partial charge in [-0.2, -0.15) is 5.06 Å². The van der Waals surface area contributed by atoms with Crippen molar-refractivity contribution in [1.82, 2.24) is 10.4 Å². The standard InChI is InChI=1S/C10H22N2O/c1-4-10(9-12(2)13-3)6-5-7-11-8-10/h11H,4-9H2,1-3H3. The van der Waals surface area contributed by atoms with Crippen molar-refractivity contribution in [3.63, 3.8) is 0 Å². The number of nitrogens with zero attached hydrogens (tertiary/aromatic N) is 1. The number of hydroxylamine groups is 2. The highest BCUT2D eigenvalue weighted by molar-refractivity contribution is 4.85. The zero-order valence-electron chi connectivity index (χ0n) is 9.10. The van der Waals surface area contributed by atoms with Gasteiger partial charge in [0.05, 0.1) is 7.11 Å². The lowest BCUT2D eigenvalue weighted by Gasteiger charge is -2.39. The van der Waals surface area contributed by atoms with E-state index in [2.05, 4.69) is 12.2 Å². The number of nitrogens with one attached hydrogen (secondary N) is 1. The SMILES string of the molecule is CCC1(CN(C)OC)CCCNC1. The Hall–Kier alpha value is -0.120. The molecular weight excluding hydrogens is 164 g/mol. The molecule has 0 saturated carbocycles. The minimum Gasteiger partial charge on any atom is -0.316 e. The van der Waals surface area contributed by atoms with Crippen molar-refractivity contribution < 1.29 is 4.84 Å². The molecule has 0 aromatic rings. The van der Waals surface area contributed by atoms with E-state index in [-0.39, 0.29) is 0 Å². The van der Waals surface area contributed by atoms with Crippen molar-refractivity contribution in [3.05, 3.63) is 0 Å². The third-order valence-corrected chi connectivity index (χ3v) is 3.18. The number of hydrogen-bond donors (Lipinski definition) is 1. The first kappa shape index (κ1) is 11.0. The van der Waals surface area contributed by atoms with Crippen LogP contribution in [-0.4, -0.2) is 38.9 Å². The zero-order valence-corrected chi connectivity index (χ0v) is 9.10. The zero-order chi connectivity index (χ0) is 9.73. The Kier molecular flexibility index (Phi) is 4.16. The van der Waals surface area contributed by atoms with E-state index in [1.807, 2.05) is 12.1 Å². The molecule has 78 valence electrons. The van der Waals surface area contributed by atoms with Crippen molar-refractivity contribution >= 4 is 0 Å². The average molecular weight is 186 g/mol. The van der Waals surface area contributed by atoms with Gasteiger partial charge in [0.1, 0.15) is 0 Å². The summed E-state index contributed by atoms with van der Waals surface area (Å²) in [6.45, 7) is 5.62. The summed E-state index contributed by atoms with van der Waals surface area (Å²) in [5.74, 6) is 0.